The maximum absolute atomic E-state index is 11.4. The number of hydrogen-bond acceptors (Lipinski definition) is 4. The predicted octanol–water partition coefficient (Wildman–Crippen LogP) is 2.13. The lowest BCUT2D eigenvalue weighted by Gasteiger charge is -2.33. The minimum atomic E-state index is -3.10. The largest absolute Gasteiger partial charge is 0.381 e. The average Bonchev–Trinajstić information content (AvgIpc) is 2.82. The van der Waals surface area contributed by atoms with Crippen molar-refractivity contribution in [3.05, 3.63) is 24.3 Å². The van der Waals surface area contributed by atoms with Crippen molar-refractivity contribution in [2.24, 2.45) is 0 Å². The van der Waals surface area contributed by atoms with Crippen LogP contribution in [-0.2, 0) is 9.84 Å². The van der Waals surface area contributed by atoms with Crippen LogP contribution in [0.1, 0.15) is 25.7 Å². The van der Waals surface area contributed by atoms with Crippen molar-refractivity contribution in [3.8, 4) is 0 Å². The van der Waals surface area contributed by atoms with Gasteiger partial charge in [-0.2, -0.15) is 0 Å². The Balaban J connectivity index is 1.69. The number of fused-ring (bicyclic) bond motifs is 1. The fraction of sp³-hybridized carbons (Fsp3) is 0.600. The maximum Gasteiger partial charge on any atom is 0.175 e. The van der Waals surface area contributed by atoms with Crippen LogP contribution in [0.2, 0.25) is 0 Å². The molecule has 20 heavy (non-hydrogen) atoms. The third-order valence-electron chi connectivity index (χ3n) is 4.49. The van der Waals surface area contributed by atoms with E-state index in [1.54, 1.807) is 12.1 Å². The van der Waals surface area contributed by atoms with Crippen LogP contribution in [0.5, 0.6) is 0 Å². The van der Waals surface area contributed by atoms with Gasteiger partial charge in [-0.25, -0.2) is 8.42 Å². The second-order valence-corrected chi connectivity index (χ2v) is 7.95. The summed E-state index contributed by atoms with van der Waals surface area (Å²) in [6.07, 6.45) is 6.35. The van der Waals surface area contributed by atoms with E-state index >= 15 is 0 Å². The first-order valence-electron chi connectivity index (χ1n) is 7.35. The molecule has 0 bridgehead atoms. The number of piperidine rings is 1. The summed E-state index contributed by atoms with van der Waals surface area (Å²) in [5.74, 6) is 0. The summed E-state index contributed by atoms with van der Waals surface area (Å²) in [6.45, 7) is 2.42. The van der Waals surface area contributed by atoms with E-state index in [0.29, 0.717) is 17.0 Å². The first-order chi connectivity index (χ1) is 9.54. The molecule has 0 spiro atoms. The number of nitrogens with one attached hydrogen (secondary N) is 1. The molecule has 2 unspecified atom stereocenters. The highest BCUT2D eigenvalue weighted by atomic mass is 32.2. The lowest BCUT2D eigenvalue weighted by molar-refractivity contribution is 0.193. The molecule has 110 valence electrons. The van der Waals surface area contributed by atoms with Crippen LogP contribution in [0.3, 0.4) is 0 Å². The first-order valence-corrected chi connectivity index (χ1v) is 9.24. The van der Waals surface area contributed by atoms with E-state index in [-0.39, 0.29) is 0 Å². The Hall–Kier alpha value is -1.07. The molecule has 2 aliphatic rings. The molecule has 1 aromatic rings. The van der Waals surface area contributed by atoms with E-state index in [1.807, 2.05) is 12.1 Å². The van der Waals surface area contributed by atoms with Gasteiger partial charge < -0.3 is 5.32 Å². The fourth-order valence-electron chi connectivity index (χ4n) is 3.43. The van der Waals surface area contributed by atoms with Gasteiger partial charge in [0.15, 0.2) is 9.84 Å². The van der Waals surface area contributed by atoms with Crippen molar-refractivity contribution in [1.82, 2.24) is 4.90 Å². The zero-order valence-electron chi connectivity index (χ0n) is 11.9. The number of rotatable bonds is 3. The monoisotopic (exact) mass is 294 g/mol. The summed E-state index contributed by atoms with van der Waals surface area (Å²) in [7, 11) is -3.10. The first kappa shape index (κ1) is 13.9. The molecule has 2 saturated heterocycles. The third kappa shape index (κ3) is 2.83. The molecular formula is C15H22N2O2S. The molecule has 0 aliphatic carbocycles. The van der Waals surface area contributed by atoms with Gasteiger partial charge in [0.1, 0.15) is 0 Å². The molecule has 2 fully saturated rings. The summed E-state index contributed by atoms with van der Waals surface area (Å²) in [4.78, 5) is 2.97. The van der Waals surface area contributed by atoms with E-state index in [4.69, 9.17) is 0 Å². The molecule has 0 amide bonds. The van der Waals surface area contributed by atoms with Crippen LogP contribution in [0, 0.1) is 0 Å². The Morgan fingerprint density at radius 1 is 1.10 bits per heavy atom. The smallest absolute Gasteiger partial charge is 0.175 e. The number of anilines is 1. The molecule has 0 aromatic heterocycles. The highest BCUT2D eigenvalue weighted by molar-refractivity contribution is 7.90. The lowest BCUT2D eigenvalue weighted by Crippen LogP contribution is -2.41. The Kier molecular flexibility index (Phi) is 3.73. The van der Waals surface area contributed by atoms with Gasteiger partial charge in [-0.1, -0.05) is 6.42 Å². The molecule has 2 atom stereocenters. The molecular weight excluding hydrogens is 272 g/mol. The van der Waals surface area contributed by atoms with Crippen LogP contribution < -0.4 is 5.32 Å². The molecule has 0 radical (unpaired) electrons. The van der Waals surface area contributed by atoms with Crippen LogP contribution in [0.25, 0.3) is 0 Å². The molecule has 4 nitrogen and oxygen atoms in total. The van der Waals surface area contributed by atoms with Gasteiger partial charge in [-0.05, 0) is 50.1 Å². The van der Waals surface area contributed by atoms with Gasteiger partial charge in [0.05, 0.1) is 4.90 Å². The number of benzene rings is 1. The Morgan fingerprint density at radius 3 is 2.55 bits per heavy atom. The van der Waals surface area contributed by atoms with Gasteiger partial charge in [-0.15, -0.1) is 0 Å². The molecule has 2 aliphatic heterocycles. The second kappa shape index (κ2) is 5.37. The Morgan fingerprint density at radius 2 is 1.85 bits per heavy atom. The molecule has 1 aromatic carbocycles. The van der Waals surface area contributed by atoms with Crippen LogP contribution >= 0.6 is 0 Å². The van der Waals surface area contributed by atoms with Crippen molar-refractivity contribution >= 4 is 15.5 Å². The maximum atomic E-state index is 11.4. The summed E-state index contributed by atoms with van der Waals surface area (Å²) in [5.41, 5.74) is 1.02. The van der Waals surface area contributed by atoms with E-state index in [0.717, 1.165) is 5.69 Å². The molecule has 2 heterocycles. The van der Waals surface area contributed by atoms with E-state index in [9.17, 15) is 8.42 Å². The summed E-state index contributed by atoms with van der Waals surface area (Å²) < 4.78 is 22.9. The van der Waals surface area contributed by atoms with Gasteiger partial charge in [0.25, 0.3) is 0 Å². The minimum Gasteiger partial charge on any atom is -0.381 e. The van der Waals surface area contributed by atoms with Gasteiger partial charge >= 0.3 is 0 Å². The molecule has 5 heteroatoms. The van der Waals surface area contributed by atoms with Crippen LogP contribution in [0.15, 0.2) is 29.2 Å². The van der Waals surface area contributed by atoms with Gasteiger partial charge in [0.2, 0.25) is 0 Å². The zero-order valence-corrected chi connectivity index (χ0v) is 12.7. The standard InChI is InChI=1S/C15H22N2O2S/c1-20(18,19)13-7-5-12(6-8-13)16-14-9-11-17-10-3-2-4-15(14)17/h5-8,14-16H,2-4,9-11H2,1H3. The Bertz CT molecular complexity index is 568. The second-order valence-electron chi connectivity index (χ2n) is 5.94. The highest BCUT2D eigenvalue weighted by Gasteiger charge is 2.35. The van der Waals surface area contributed by atoms with Crippen molar-refractivity contribution < 1.29 is 8.42 Å². The third-order valence-corrected chi connectivity index (χ3v) is 5.62. The van der Waals surface area contributed by atoms with Crippen LogP contribution in [-0.4, -0.2) is 44.7 Å². The van der Waals surface area contributed by atoms with E-state index in [1.165, 1.54) is 45.0 Å². The average molecular weight is 294 g/mol. The topological polar surface area (TPSA) is 49.4 Å². The summed E-state index contributed by atoms with van der Waals surface area (Å²) in [6, 6.07) is 8.28. The summed E-state index contributed by atoms with van der Waals surface area (Å²) >= 11 is 0. The molecule has 0 saturated carbocycles. The van der Waals surface area contributed by atoms with Crippen molar-refractivity contribution in [2.45, 2.75) is 42.7 Å². The van der Waals surface area contributed by atoms with Crippen molar-refractivity contribution in [3.63, 3.8) is 0 Å². The SMILES string of the molecule is CS(=O)(=O)c1ccc(NC2CCN3CCCCC23)cc1. The lowest BCUT2D eigenvalue weighted by atomic mass is 9.99. The predicted molar refractivity (Wildman–Crippen MR) is 80.8 cm³/mol. The van der Waals surface area contributed by atoms with Gasteiger partial charge in [-0.3, -0.25) is 4.90 Å². The molecule has 1 N–H and O–H groups in total. The van der Waals surface area contributed by atoms with E-state index < -0.39 is 9.84 Å². The van der Waals surface area contributed by atoms with Crippen LogP contribution in [0.4, 0.5) is 5.69 Å². The summed E-state index contributed by atoms with van der Waals surface area (Å²) in [5, 5.41) is 3.58. The van der Waals surface area contributed by atoms with Crippen molar-refractivity contribution in [1.29, 1.82) is 0 Å². The quantitative estimate of drug-likeness (QED) is 0.928. The zero-order chi connectivity index (χ0) is 14.2. The molecule has 3 rings (SSSR count). The Labute approximate surface area is 121 Å². The normalized spacial score (nSPS) is 27.2. The van der Waals surface area contributed by atoms with E-state index in [2.05, 4.69) is 10.2 Å². The highest BCUT2D eigenvalue weighted by Crippen LogP contribution is 2.29. The minimum absolute atomic E-state index is 0.383. The fourth-order valence-corrected chi connectivity index (χ4v) is 4.06. The number of sulfone groups is 1. The number of nitrogens with zero attached hydrogens (tertiary/aromatic N) is 1. The number of hydrogen-bond donors (Lipinski definition) is 1. The van der Waals surface area contributed by atoms with Gasteiger partial charge in [0, 0.05) is 30.6 Å². The van der Waals surface area contributed by atoms with Crippen molar-refractivity contribution in [2.75, 3.05) is 24.7 Å².